The number of hydrogen-bond donors (Lipinski definition) is 0. The molecule has 0 spiro atoms. The van der Waals surface area contributed by atoms with Crippen molar-refractivity contribution in [2.24, 2.45) is 29.1 Å². The second-order valence-corrected chi connectivity index (χ2v) is 7.51. The first kappa shape index (κ1) is 17.0. The summed E-state index contributed by atoms with van der Waals surface area (Å²) in [5.41, 5.74) is 0.380. The van der Waals surface area contributed by atoms with Crippen LogP contribution in [0.4, 0.5) is 0 Å². The molecule has 0 heterocycles. The largest absolute Gasteiger partial charge is 0.381 e. The van der Waals surface area contributed by atoms with E-state index >= 15 is 0 Å². The summed E-state index contributed by atoms with van der Waals surface area (Å²) in [5.74, 6) is 2.80. The van der Waals surface area contributed by atoms with Gasteiger partial charge in [-0.2, -0.15) is 0 Å². The Bertz CT molecular complexity index is 188. The average molecular weight is 242 g/mol. The lowest BCUT2D eigenvalue weighted by molar-refractivity contribution is 0.0323. The minimum Gasteiger partial charge on any atom is -0.381 e. The van der Waals surface area contributed by atoms with Gasteiger partial charge in [0.15, 0.2) is 0 Å². The van der Waals surface area contributed by atoms with Gasteiger partial charge in [0, 0.05) is 13.2 Å². The molecule has 0 amide bonds. The van der Waals surface area contributed by atoms with Gasteiger partial charge in [-0.05, 0) is 35.5 Å². The summed E-state index contributed by atoms with van der Waals surface area (Å²) in [6.45, 7) is 20.3. The molecule has 0 saturated heterocycles. The van der Waals surface area contributed by atoms with E-state index in [-0.39, 0.29) is 0 Å². The molecule has 0 aliphatic heterocycles. The van der Waals surface area contributed by atoms with Gasteiger partial charge in [0.1, 0.15) is 0 Å². The van der Waals surface area contributed by atoms with Crippen molar-refractivity contribution in [3.8, 4) is 0 Å². The summed E-state index contributed by atoms with van der Waals surface area (Å²) in [7, 11) is 0. The van der Waals surface area contributed by atoms with Crippen LogP contribution in [-0.2, 0) is 4.74 Å². The van der Waals surface area contributed by atoms with Crippen LogP contribution in [-0.4, -0.2) is 13.2 Å². The van der Waals surface area contributed by atoms with E-state index in [0.717, 1.165) is 25.0 Å². The van der Waals surface area contributed by atoms with Gasteiger partial charge in [0.25, 0.3) is 0 Å². The first-order chi connectivity index (χ1) is 7.64. The second-order valence-electron chi connectivity index (χ2n) is 7.51. The topological polar surface area (TPSA) is 9.23 Å². The molecule has 17 heavy (non-hydrogen) atoms. The standard InChI is InChI=1S/C16H34O/c1-12(2)9-15(16(6,7)8)14(5)11-17-10-13(3)4/h12-15H,9-11H2,1-8H3. The molecule has 1 nitrogen and oxygen atoms in total. The van der Waals surface area contributed by atoms with Crippen molar-refractivity contribution >= 4 is 0 Å². The van der Waals surface area contributed by atoms with Crippen molar-refractivity contribution < 1.29 is 4.74 Å². The Labute approximate surface area is 109 Å². The zero-order valence-electron chi connectivity index (χ0n) is 13.3. The Balaban J connectivity index is 4.28. The first-order valence-electron chi connectivity index (χ1n) is 7.22. The molecule has 0 fully saturated rings. The van der Waals surface area contributed by atoms with Crippen molar-refractivity contribution in [1.29, 1.82) is 0 Å². The molecular weight excluding hydrogens is 208 g/mol. The normalized spacial score (nSPS) is 16.6. The molecular formula is C16H34O. The van der Waals surface area contributed by atoms with E-state index < -0.39 is 0 Å². The Kier molecular flexibility index (Phi) is 7.39. The summed E-state index contributed by atoms with van der Waals surface area (Å²) >= 11 is 0. The quantitative estimate of drug-likeness (QED) is 0.610. The third kappa shape index (κ3) is 7.81. The number of hydrogen-bond acceptors (Lipinski definition) is 1. The van der Waals surface area contributed by atoms with Crippen molar-refractivity contribution in [3.63, 3.8) is 0 Å². The van der Waals surface area contributed by atoms with Crippen LogP contribution in [0, 0.1) is 29.1 Å². The van der Waals surface area contributed by atoms with Crippen LogP contribution in [0.2, 0.25) is 0 Å². The zero-order valence-corrected chi connectivity index (χ0v) is 13.3. The van der Waals surface area contributed by atoms with E-state index in [1.54, 1.807) is 0 Å². The van der Waals surface area contributed by atoms with Gasteiger partial charge >= 0.3 is 0 Å². The zero-order chi connectivity index (χ0) is 13.6. The van der Waals surface area contributed by atoms with Crippen LogP contribution in [0.3, 0.4) is 0 Å². The predicted molar refractivity (Wildman–Crippen MR) is 77.2 cm³/mol. The first-order valence-corrected chi connectivity index (χ1v) is 7.22. The highest BCUT2D eigenvalue weighted by Crippen LogP contribution is 2.37. The molecule has 0 rings (SSSR count). The Hall–Kier alpha value is -0.0400. The van der Waals surface area contributed by atoms with Gasteiger partial charge < -0.3 is 4.74 Å². The fourth-order valence-corrected chi connectivity index (χ4v) is 2.55. The maximum absolute atomic E-state index is 5.81. The van der Waals surface area contributed by atoms with E-state index in [1.807, 2.05) is 0 Å². The van der Waals surface area contributed by atoms with Crippen LogP contribution < -0.4 is 0 Å². The number of rotatable bonds is 7. The highest BCUT2D eigenvalue weighted by Gasteiger charge is 2.30. The molecule has 2 atom stereocenters. The Morgan fingerprint density at radius 1 is 0.824 bits per heavy atom. The highest BCUT2D eigenvalue weighted by atomic mass is 16.5. The molecule has 0 aromatic heterocycles. The van der Waals surface area contributed by atoms with Crippen molar-refractivity contribution in [2.45, 2.75) is 61.8 Å². The predicted octanol–water partition coefficient (Wildman–Crippen LogP) is 5.00. The molecule has 0 aliphatic carbocycles. The highest BCUT2D eigenvalue weighted by molar-refractivity contribution is 4.79. The molecule has 0 aromatic rings. The van der Waals surface area contributed by atoms with Gasteiger partial charge in [0.05, 0.1) is 0 Å². The van der Waals surface area contributed by atoms with Crippen LogP contribution in [0.15, 0.2) is 0 Å². The minimum atomic E-state index is 0.380. The summed E-state index contributed by atoms with van der Waals surface area (Å²) in [4.78, 5) is 0. The van der Waals surface area contributed by atoms with Gasteiger partial charge in [-0.1, -0.05) is 55.4 Å². The molecule has 0 N–H and O–H groups in total. The third-order valence-corrected chi connectivity index (χ3v) is 3.36. The van der Waals surface area contributed by atoms with Crippen LogP contribution >= 0.6 is 0 Å². The molecule has 2 unspecified atom stereocenters. The third-order valence-electron chi connectivity index (χ3n) is 3.36. The van der Waals surface area contributed by atoms with E-state index in [9.17, 15) is 0 Å². The molecule has 1 heteroatoms. The number of ether oxygens (including phenoxy) is 1. The lowest BCUT2D eigenvalue weighted by atomic mass is 9.70. The second kappa shape index (κ2) is 7.41. The van der Waals surface area contributed by atoms with E-state index in [1.165, 1.54) is 6.42 Å². The summed E-state index contributed by atoms with van der Waals surface area (Å²) < 4.78 is 5.81. The molecule has 104 valence electrons. The lowest BCUT2D eigenvalue weighted by Crippen LogP contribution is -2.31. The van der Waals surface area contributed by atoms with Crippen LogP contribution in [0.1, 0.15) is 61.8 Å². The van der Waals surface area contributed by atoms with Crippen molar-refractivity contribution in [1.82, 2.24) is 0 Å². The summed E-state index contributed by atoms with van der Waals surface area (Å²) in [5, 5.41) is 0. The van der Waals surface area contributed by atoms with Gasteiger partial charge in [-0.3, -0.25) is 0 Å². The maximum atomic E-state index is 5.81. The summed E-state index contributed by atoms with van der Waals surface area (Å²) in [6.07, 6.45) is 1.30. The average Bonchev–Trinajstić information content (AvgIpc) is 2.11. The van der Waals surface area contributed by atoms with E-state index in [2.05, 4.69) is 55.4 Å². The molecule has 0 bridgehead atoms. The molecule has 0 aromatic carbocycles. The molecule has 0 radical (unpaired) electrons. The van der Waals surface area contributed by atoms with Gasteiger partial charge in [-0.15, -0.1) is 0 Å². The van der Waals surface area contributed by atoms with Crippen LogP contribution in [0.5, 0.6) is 0 Å². The van der Waals surface area contributed by atoms with Crippen molar-refractivity contribution in [3.05, 3.63) is 0 Å². The van der Waals surface area contributed by atoms with E-state index in [4.69, 9.17) is 4.74 Å². The lowest BCUT2D eigenvalue weighted by Gasteiger charge is -2.37. The van der Waals surface area contributed by atoms with Gasteiger partial charge in [0.2, 0.25) is 0 Å². The fraction of sp³-hybridized carbons (Fsp3) is 1.00. The SMILES string of the molecule is CC(C)COCC(C)C(CC(C)C)C(C)(C)C. The minimum absolute atomic E-state index is 0.380. The van der Waals surface area contributed by atoms with Crippen molar-refractivity contribution in [2.75, 3.05) is 13.2 Å². The smallest absolute Gasteiger partial charge is 0.0494 e. The Morgan fingerprint density at radius 3 is 1.71 bits per heavy atom. The Morgan fingerprint density at radius 2 is 1.35 bits per heavy atom. The molecule has 0 aliphatic rings. The van der Waals surface area contributed by atoms with Crippen LogP contribution in [0.25, 0.3) is 0 Å². The fourth-order valence-electron chi connectivity index (χ4n) is 2.55. The molecule has 0 saturated carbocycles. The maximum Gasteiger partial charge on any atom is 0.0494 e. The van der Waals surface area contributed by atoms with E-state index in [0.29, 0.717) is 17.3 Å². The van der Waals surface area contributed by atoms with Gasteiger partial charge in [-0.25, -0.2) is 0 Å². The summed E-state index contributed by atoms with van der Waals surface area (Å²) in [6, 6.07) is 0. The monoisotopic (exact) mass is 242 g/mol.